The lowest BCUT2D eigenvalue weighted by Gasteiger charge is -2.38. The van der Waals surface area contributed by atoms with Gasteiger partial charge in [0.2, 0.25) is 5.91 Å². The number of rotatable bonds is 3. The molecule has 1 aromatic carbocycles. The number of para-hydroxylation sites is 2. The number of carbonyl (C=O) groups is 2. The molecule has 0 saturated carbocycles. The van der Waals surface area contributed by atoms with Crippen LogP contribution in [-0.4, -0.2) is 42.5 Å². The van der Waals surface area contributed by atoms with Crippen LogP contribution in [0.3, 0.4) is 0 Å². The highest BCUT2D eigenvalue weighted by molar-refractivity contribution is 6.03. The summed E-state index contributed by atoms with van der Waals surface area (Å²) < 4.78 is 5.77. The molecule has 3 atom stereocenters. The van der Waals surface area contributed by atoms with Gasteiger partial charge in [-0.1, -0.05) is 32.9 Å². The van der Waals surface area contributed by atoms with Crippen LogP contribution in [-0.2, 0) is 9.59 Å². The molecule has 5 heteroatoms. The van der Waals surface area contributed by atoms with E-state index in [0.717, 1.165) is 19.5 Å². The molecule has 24 heavy (non-hydrogen) atoms. The third-order valence-corrected chi connectivity index (χ3v) is 4.85. The molecule has 3 rings (SSSR count). The maximum absolute atomic E-state index is 12.8. The lowest BCUT2D eigenvalue weighted by molar-refractivity contribution is -0.135. The summed E-state index contributed by atoms with van der Waals surface area (Å²) in [5, 5.41) is 0. The van der Waals surface area contributed by atoms with Crippen LogP contribution < -0.4 is 9.64 Å². The molecule has 1 saturated heterocycles. The Morgan fingerprint density at radius 2 is 1.88 bits per heavy atom. The number of anilines is 1. The van der Waals surface area contributed by atoms with E-state index in [0.29, 0.717) is 29.7 Å². The predicted molar refractivity (Wildman–Crippen MR) is 93.0 cm³/mol. The van der Waals surface area contributed by atoms with Crippen molar-refractivity contribution >= 4 is 17.5 Å². The Bertz CT molecular complexity index is 621. The number of hydrogen-bond donors (Lipinski definition) is 0. The van der Waals surface area contributed by atoms with Crippen molar-refractivity contribution < 1.29 is 14.3 Å². The molecule has 0 unspecified atom stereocenters. The molecular weight excluding hydrogens is 304 g/mol. The van der Waals surface area contributed by atoms with Crippen LogP contribution in [0.2, 0.25) is 0 Å². The Hall–Kier alpha value is -2.04. The molecule has 130 valence electrons. The van der Waals surface area contributed by atoms with Gasteiger partial charge in [-0.2, -0.15) is 0 Å². The first-order valence-electron chi connectivity index (χ1n) is 8.84. The number of nitrogens with zero attached hydrogens (tertiary/aromatic N) is 2. The van der Waals surface area contributed by atoms with Crippen LogP contribution in [0, 0.1) is 11.8 Å². The van der Waals surface area contributed by atoms with Crippen molar-refractivity contribution in [1.29, 1.82) is 0 Å². The zero-order chi connectivity index (χ0) is 17.3. The minimum Gasteiger partial charge on any atom is -0.478 e. The molecule has 0 aromatic heterocycles. The van der Waals surface area contributed by atoms with Gasteiger partial charge in [0.05, 0.1) is 5.69 Å². The highest BCUT2D eigenvalue weighted by Gasteiger charge is 2.35. The number of carbonyl (C=O) groups excluding carboxylic acids is 2. The molecule has 2 aliphatic heterocycles. The van der Waals surface area contributed by atoms with Crippen molar-refractivity contribution in [2.75, 3.05) is 24.5 Å². The number of fused-ring (bicyclic) bond motifs is 1. The van der Waals surface area contributed by atoms with Crippen molar-refractivity contribution in [3.63, 3.8) is 0 Å². The zero-order valence-electron chi connectivity index (χ0n) is 14.7. The van der Waals surface area contributed by atoms with Crippen molar-refractivity contribution in [2.24, 2.45) is 11.8 Å². The van der Waals surface area contributed by atoms with Crippen LogP contribution in [0.15, 0.2) is 24.3 Å². The normalized spacial score (nSPS) is 26.8. The van der Waals surface area contributed by atoms with Crippen LogP contribution in [0.4, 0.5) is 5.69 Å². The van der Waals surface area contributed by atoms with E-state index in [9.17, 15) is 9.59 Å². The fourth-order valence-electron chi connectivity index (χ4n) is 3.80. The van der Waals surface area contributed by atoms with Gasteiger partial charge >= 0.3 is 0 Å². The van der Waals surface area contributed by atoms with Gasteiger partial charge in [0.25, 0.3) is 5.91 Å². The largest absolute Gasteiger partial charge is 0.478 e. The number of benzene rings is 1. The monoisotopic (exact) mass is 330 g/mol. The second kappa shape index (κ2) is 6.83. The smallest absolute Gasteiger partial charge is 0.268 e. The Labute approximate surface area is 143 Å². The summed E-state index contributed by atoms with van der Waals surface area (Å²) in [6.45, 7) is 7.93. The maximum Gasteiger partial charge on any atom is 0.268 e. The highest BCUT2D eigenvalue weighted by atomic mass is 16.5. The lowest BCUT2D eigenvalue weighted by atomic mass is 9.92. The lowest BCUT2D eigenvalue weighted by Crippen LogP contribution is -2.52. The minimum atomic E-state index is -0.507. The van der Waals surface area contributed by atoms with Gasteiger partial charge in [0.1, 0.15) is 12.3 Å². The van der Waals surface area contributed by atoms with Crippen molar-refractivity contribution in [3.05, 3.63) is 24.3 Å². The molecule has 2 amide bonds. The summed E-state index contributed by atoms with van der Waals surface area (Å²) in [4.78, 5) is 29.0. The average Bonchev–Trinajstić information content (AvgIpc) is 2.56. The molecule has 1 aromatic rings. The molecule has 0 bridgehead atoms. The fraction of sp³-hybridized carbons (Fsp3) is 0.579. The van der Waals surface area contributed by atoms with E-state index in [1.165, 1.54) is 0 Å². The molecule has 0 spiro atoms. The van der Waals surface area contributed by atoms with Crippen molar-refractivity contribution in [1.82, 2.24) is 4.90 Å². The summed E-state index contributed by atoms with van der Waals surface area (Å²) in [6, 6.07) is 7.44. The highest BCUT2D eigenvalue weighted by Crippen LogP contribution is 2.34. The van der Waals surface area contributed by atoms with E-state index in [1.807, 2.05) is 36.1 Å². The van der Waals surface area contributed by atoms with E-state index < -0.39 is 6.10 Å². The average molecular weight is 330 g/mol. The topological polar surface area (TPSA) is 49.9 Å². The van der Waals surface area contributed by atoms with E-state index in [-0.39, 0.29) is 18.4 Å². The quantitative estimate of drug-likeness (QED) is 0.856. The first-order valence-corrected chi connectivity index (χ1v) is 8.84. The van der Waals surface area contributed by atoms with Crippen LogP contribution >= 0.6 is 0 Å². The molecule has 2 heterocycles. The fourth-order valence-corrected chi connectivity index (χ4v) is 3.80. The van der Waals surface area contributed by atoms with E-state index in [4.69, 9.17) is 4.74 Å². The van der Waals surface area contributed by atoms with E-state index >= 15 is 0 Å². The summed E-state index contributed by atoms with van der Waals surface area (Å²) >= 11 is 0. The van der Waals surface area contributed by atoms with Gasteiger partial charge in [-0.25, -0.2) is 0 Å². The first-order chi connectivity index (χ1) is 11.5. The van der Waals surface area contributed by atoms with E-state index in [1.54, 1.807) is 4.90 Å². The summed E-state index contributed by atoms with van der Waals surface area (Å²) in [5.74, 6) is 1.59. The number of amides is 2. The number of likely N-dealkylation sites (tertiary alicyclic amines) is 1. The molecule has 1 fully saturated rings. The Balaban J connectivity index is 1.80. The minimum absolute atomic E-state index is 0.0216. The van der Waals surface area contributed by atoms with Gasteiger partial charge in [-0.15, -0.1) is 0 Å². The van der Waals surface area contributed by atoms with Crippen LogP contribution in [0.25, 0.3) is 0 Å². The number of piperidine rings is 1. The van der Waals surface area contributed by atoms with E-state index in [2.05, 4.69) is 13.8 Å². The maximum atomic E-state index is 12.8. The van der Waals surface area contributed by atoms with Gasteiger partial charge in [-0.3, -0.25) is 14.5 Å². The van der Waals surface area contributed by atoms with Crippen molar-refractivity contribution in [3.8, 4) is 5.75 Å². The Morgan fingerprint density at radius 3 is 2.54 bits per heavy atom. The van der Waals surface area contributed by atoms with Gasteiger partial charge < -0.3 is 9.64 Å². The number of hydrogen-bond acceptors (Lipinski definition) is 3. The summed E-state index contributed by atoms with van der Waals surface area (Å²) in [6.07, 6.45) is 1.24. The third kappa shape index (κ3) is 3.25. The number of ether oxygens (including phenoxy) is 1. The predicted octanol–water partition coefficient (Wildman–Crippen LogP) is 2.70. The SMILES string of the molecule is CC[C@@H]1Oc2ccccc2N(CC(=O)N2C[C@@H](C)C[C@H](C)C2)C1=O. The molecule has 0 N–H and O–H groups in total. The third-order valence-electron chi connectivity index (χ3n) is 4.85. The Kier molecular flexibility index (Phi) is 4.78. The van der Waals surface area contributed by atoms with Crippen molar-refractivity contribution in [2.45, 2.75) is 39.7 Å². The standard InChI is InChI=1S/C19H26N2O3/c1-4-16-19(23)21(15-7-5-6-8-17(15)24-16)12-18(22)20-10-13(2)9-14(3)11-20/h5-8,13-14,16H,4,9-12H2,1-3H3/t13-,14-,16-/m0/s1. The van der Waals surface area contributed by atoms with Crippen LogP contribution in [0.1, 0.15) is 33.6 Å². The molecule has 2 aliphatic rings. The summed E-state index contributed by atoms with van der Waals surface area (Å²) in [7, 11) is 0. The van der Waals surface area contributed by atoms with Gasteiger partial charge in [-0.05, 0) is 36.8 Å². The van der Waals surface area contributed by atoms with Gasteiger partial charge in [0.15, 0.2) is 6.10 Å². The first kappa shape index (κ1) is 16.8. The molecule has 0 radical (unpaired) electrons. The second-order valence-corrected chi connectivity index (χ2v) is 7.15. The molecule has 5 nitrogen and oxygen atoms in total. The molecule has 0 aliphatic carbocycles. The zero-order valence-corrected chi connectivity index (χ0v) is 14.7. The van der Waals surface area contributed by atoms with Gasteiger partial charge in [0, 0.05) is 13.1 Å². The molecular formula is C19H26N2O3. The summed E-state index contributed by atoms with van der Waals surface area (Å²) in [5.41, 5.74) is 0.693. The Morgan fingerprint density at radius 1 is 1.21 bits per heavy atom. The van der Waals surface area contributed by atoms with Crippen LogP contribution in [0.5, 0.6) is 5.75 Å². The second-order valence-electron chi connectivity index (χ2n) is 7.15.